The first-order valence-corrected chi connectivity index (χ1v) is 9.40. The zero-order valence-electron chi connectivity index (χ0n) is 16.0. The minimum atomic E-state index is -0.704. The largest absolute Gasteiger partial charge is 0.455 e. The quantitative estimate of drug-likeness (QED) is 0.426. The number of carbonyl (C=O) groups is 3. The van der Waals surface area contributed by atoms with E-state index in [0.717, 1.165) is 0 Å². The van der Waals surface area contributed by atoms with Crippen LogP contribution in [0, 0.1) is 23.0 Å². The van der Waals surface area contributed by atoms with Gasteiger partial charge in [0.25, 0.3) is 11.6 Å². The average molecular weight is 432 g/mol. The summed E-state index contributed by atoms with van der Waals surface area (Å²) in [6.45, 7) is 1.15. The van der Waals surface area contributed by atoms with Gasteiger partial charge in [0, 0.05) is 41.0 Å². The van der Waals surface area contributed by atoms with E-state index in [1.54, 1.807) is 31.2 Å². The summed E-state index contributed by atoms with van der Waals surface area (Å²) in [4.78, 5) is 48.4. The van der Waals surface area contributed by atoms with Gasteiger partial charge in [0.1, 0.15) is 0 Å². The monoisotopic (exact) mass is 431 g/mol. The fraction of sp³-hybridized carbons (Fsp3) is 0.250. The molecule has 1 aliphatic rings. The van der Waals surface area contributed by atoms with Crippen LogP contribution >= 0.6 is 11.6 Å². The van der Waals surface area contributed by atoms with E-state index in [2.05, 4.69) is 5.32 Å². The molecule has 2 amide bonds. The van der Waals surface area contributed by atoms with Gasteiger partial charge in [-0.05, 0) is 31.2 Å². The Labute approximate surface area is 176 Å². The van der Waals surface area contributed by atoms with Crippen molar-refractivity contribution >= 4 is 46.4 Å². The van der Waals surface area contributed by atoms with Crippen LogP contribution in [0.4, 0.5) is 17.1 Å². The molecule has 0 radical (unpaired) electrons. The minimum Gasteiger partial charge on any atom is -0.455 e. The Morgan fingerprint density at radius 3 is 2.77 bits per heavy atom. The molecule has 2 aromatic carbocycles. The highest BCUT2D eigenvalue weighted by Gasteiger charge is 2.36. The van der Waals surface area contributed by atoms with Crippen molar-refractivity contribution in [3.05, 3.63) is 63.2 Å². The molecule has 2 aromatic rings. The van der Waals surface area contributed by atoms with Crippen LogP contribution in [-0.2, 0) is 19.1 Å². The maximum absolute atomic E-state index is 12.3. The molecule has 1 fully saturated rings. The van der Waals surface area contributed by atoms with E-state index in [0.29, 0.717) is 16.3 Å². The molecular formula is C20H18ClN3O6. The lowest BCUT2D eigenvalue weighted by Crippen LogP contribution is -2.28. The lowest BCUT2D eigenvalue weighted by Gasteiger charge is -2.16. The van der Waals surface area contributed by atoms with Gasteiger partial charge in [0.05, 0.1) is 10.8 Å². The second kappa shape index (κ2) is 8.91. The number of esters is 1. The number of hydrogen-bond acceptors (Lipinski definition) is 6. The second-order valence-corrected chi connectivity index (χ2v) is 7.24. The highest BCUT2D eigenvalue weighted by atomic mass is 35.5. The number of rotatable bonds is 6. The van der Waals surface area contributed by atoms with E-state index in [4.69, 9.17) is 16.3 Å². The van der Waals surface area contributed by atoms with Gasteiger partial charge < -0.3 is 15.0 Å². The number of nitrogens with one attached hydrogen (secondary N) is 1. The SMILES string of the molecule is Cc1ccc(NC(=O)COC(=O)[C@@H]2CC(=O)N(c3cccc(Cl)c3)C2)cc1[N+](=O)[O-]. The fourth-order valence-electron chi connectivity index (χ4n) is 3.09. The van der Waals surface area contributed by atoms with Crippen LogP contribution in [0.15, 0.2) is 42.5 Å². The van der Waals surface area contributed by atoms with Gasteiger partial charge in [-0.3, -0.25) is 24.5 Å². The normalized spacial score (nSPS) is 15.7. The summed E-state index contributed by atoms with van der Waals surface area (Å²) in [5, 5.41) is 13.9. The predicted octanol–water partition coefficient (Wildman–Crippen LogP) is 3.09. The van der Waals surface area contributed by atoms with Crippen molar-refractivity contribution in [3.8, 4) is 0 Å². The molecule has 0 bridgehead atoms. The molecule has 156 valence electrons. The number of ether oxygens (including phenoxy) is 1. The first-order valence-electron chi connectivity index (χ1n) is 9.02. The van der Waals surface area contributed by atoms with E-state index in [1.165, 1.54) is 23.1 Å². The topological polar surface area (TPSA) is 119 Å². The highest BCUT2D eigenvalue weighted by molar-refractivity contribution is 6.31. The summed E-state index contributed by atoms with van der Waals surface area (Å²) in [6.07, 6.45) is -0.0306. The van der Waals surface area contributed by atoms with Crippen molar-refractivity contribution in [2.75, 3.05) is 23.4 Å². The van der Waals surface area contributed by atoms with Crippen LogP contribution in [0.1, 0.15) is 12.0 Å². The minimum absolute atomic E-state index is 0.0306. The molecule has 1 saturated heterocycles. The van der Waals surface area contributed by atoms with Crippen molar-refractivity contribution in [2.24, 2.45) is 5.92 Å². The molecule has 9 nitrogen and oxygen atoms in total. The van der Waals surface area contributed by atoms with E-state index < -0.39 is 29.3 Å². The Morgan fingerprint density at radius 2 is 2.07 bits per heavy atom. The first-order chi connectivity index (χ1) is 14.2. The maximum atomic E-state index is 12.3. The molecule has 1 N–H and O–H groups in total. The van der Waals surface area contributed by atoms with Gasteiger partial charge in [-0.1, -0.05) is 23.7 Å². The van der Waals surface area contributed by atoms with Gasteiger partial charge in [0.15, 0.2) is 6.61 Å². The van der Waals surface area contributed by atoms with Gasteiger partial charge in [0.2, 0.25) is 5.91 Å². The summed E-state index contributed by atoms with van der Waals surface area (Å²) < 4.78 is 5.03. The highest BCUT2D eigenvalue weighted by Crippen LogP contribution is 2.28. The molecule has 1 aliphatic heterocycles. The van der Waals surface area contributed by atoms with Crippen molar-refractivity contribution in [1.29, 1.82) is 0 Å². The van der Waals surface area contributed by atoms with Crippen LogP contribution in [0.2, 0.25) is 5.02 Å². The third-order valence-electron chi connectivity index (χ3n) is 4.61. The number of nitro groups is 1. The van der Waals surface area contributed by atoms with Crippen LogP contribution < -0.4 is 10.2 Å². The molecule has 0 aliphatic carbocycles. The molecule has 0 unspecified atom stereocenters. The third-order valence-corrected chi connectivity index (χ3v) is 4.85. The average Bonchev–Trinajstić information content (AvgIpc) is 3.09. The van der Waals surface area contributed by atoms with E-state index in [1.807, 2.05) is 0 Å². The van der Waals surface area contributed by atoms with Crippen molar-refractivity contribution in [1.82, 2.24) is 0 Å². The number of halogens is 1. The standard InChI is InChI=1S/C20H18ClN3O6/c1-12-5-6-15(9-17(12)24(28)29)22-18(25)11-30-20(27)13-7-19(26)23(10-13)16-4-2-3-14(21)8-16/h2-6,8-9,13H,7,10-11H2,1H3,(H,22,25)/t13-/m1/s1. The number of anilines is 2. The molecule has 3 rings (SSSR count). The van der Waals surface area contributed by atoms with Gasteiger partial charge >= 0.3 is 5.97 Å². The summed E-state index contributed by atoms with van der Waals surface area (Å²) in [5.41, 5.74) is 1.13. The van der Waals surface area contributed by atoms with E-state index in [9.17, 15) is 24.5 Å². The lowest BCUT2D eigenvalue weighted by atomic mass is 10.1. The number of benzene rings is 2. The zero-order valence-corrected chi connectivity index (χ0v) is 16.7. The van der Waals surface area contributed by atoms with E-state index >= 15 is 0 Å². The number of nitrogens with zero attached hydrogens (tertiary/aromatic N) is 2. The van der Waals surface area contributed by atoms with Gasteiger partial charge in [-0.25, -0.2) is 0 Å². The smallest absolute Gasteiger partial charge is 0.311 e. The summed E-state index contributed by atoms with van der Waals surface area (Å²) in [6, 6.07) is 11.0. The van der Waals surface area contributed by atoms with Crippen molar-refractivity contribution in [2.45, 2.75) is 13.3 Å². The Kier molecular flexibility index (Phi) is 6.31. The number of amides is 2. The van der Waals surface area contributed by atoms with Crippen LogP contribution in [0.5, 0.6) is 0 Å². The van der Waals surface area contributed by atoms with Gasteiger partial charge in [-0.15, -0.1) is 0 Å². The van der Waals surface area contributed by atoms with Crippen LogP contribution in [0.3, 0.4) is 0 Å². The van der Waals surface area contributed by atoms with Gasteiger partial charge in [-0.2, -0.15) is 0 Å². The molecule has 1 atom stereocenters. The molecule has 0 saturated carbocycles. The maximum Gasteiger partial charge on any atom is 0.311 e. The molecule has 0 spiro atoms. The number of aryl methyl sites for hydroxylation is 1. The first kappa shape index (κ1) is 21.3. The molecule has 1 heterocycles. The Morgan fingerprint density at radius 1 is 1.30 bits per heavy atom. The summed E-state index contributed by atoms with van der Waals surface area (Å²) in [5.74, 6) is -2.25. The number of hydrogen-bond donors (Lipinski definition) is 1. The Bertz CT molecular complexity index is 1030. The molecule has 10 heteroatoms. The van der Waals surface area contributed by atoms with Crippen LogP contribution in [0.25, 0.3) is 0 Å². The summed E-state index contributed by atoms with van der Waals surface area (Å²) in [7, 11) is 0. The number of carbonyl (C=O) groups excluding carboxylic acids is 3. The molecule has 0 aromatic heterocycles. The second-order valence-electron chi connectivity index (χ2n) is 6.80. The summed E-state index contributed by atoms with van der Waals surface area (Å²) >= 11 is 5.95. The predicted molar refractivity (Wildman–Crippen MR) is 109 cm³/mol. The molecule has 30 heavy (non-hydrogen) atoms. The fourth-order valence-corrected chi connectivity index (χ4v) is 3.28. The Balaban J connectivity index is 1.54. The zero-order chi connectivity index (χ0) is 21.8. The number of nitro benzene ring substituents is 1. The van der Waals surface area contributed by atoms with Crippen molar-refractivity contribution < 1.29 is 24.0 Å². The van der Waals surface area contributed by atoms with Crippen LogP contribution in [-0.4, -0.2) is 35.9 Å². The van der Waals surface area contributed by atoms with Crippen molar-refractivity contribution in [3.63, 3.8) is 0 Å². The lowest BCUT2D eigenvalue weighted by molar-refractivity contribution is -0.385. The third kappa shape index (κ3) is 4.93. The molecular weight excluding hydrogens is 414 g/mol. The van der Waals surface area contributed by atoms with E-state index in [-0.39, 0.29) is 30.2 Å². The Hall–Kier alpha value is -3.46.